The van der Waals surface area contributed by atoms with Crippen molar-refractivity contribution < 1.29 is 9.84 Å². The first-order chi connectivity index (χ1) is 19.2. The largest absolute Gasteiger partial charge is 0.481 e. The number of piperidine rings is 1. The number of aromatic nitrogens is 4. The summed E-state index contributed by atoms with van der Waals surface area (Å²) in [7, 11) is 3.57. The van der Waals surface area contributed by atoms with E-state index in [9.17, 15) is 10.4 Å². The summed E-state index contributed by atoms with van der Waals surface area (Å²) in [6.45, 7) is 6.79. The lowest BCUT2D eigenvalue weighted by molar-refractivity contribution is -0.00876. The quantitative estimate of drug-likeness (QED) is 0.362. The first-order valence-electron chi connectivity index (χ1n) is 13.5. The van der Waals surface area contributed by atoms with E-state index in [0.29, 0.717) is 30.1 Å². The maximum absolute atomic E-state index is 10.3. The molecule has 7 rings (SSSR count). The van der Waals surface area contributed by atoms with Gasteiger partial charge in [0.2, 0.25) is 5.88 Å². The fourth-order valence-electron chi connectivity index (χ4n) is 5.99. The van der Waals surface area contributed by atoms with Crippen molar-refractivity contribution in [1.29, 1.82) is 5.26 Å². The van der Waals surface area contributed by atoms with E-state index in [1.54, 1.807) is 31.7 Å². The number of rotatable bonds is 8. The minimum absolute atomic E-state index is 0.449. The number of piperazine rings is 1. The number of nitrogens with zero attached hydrogens (tertiary/aromatic N) is 8. The van der Waals surface area contributed by atoms with Crippen molar-refractivity contribution >= 4 is 17.0 Å². The molecule has 10 nitrogen and oxygen atoms in total. The van der Waals surface area contributed by atoms with Crippen LogP contribution in [0.4, 0.5) is 11.5 Å². The normalized spacial score (nSPS) is 18.9. The van der Waals surface area contributed by atoms with Crippen molar-refractivity contribution in [1.82, 2.24) is 24.5 Å². The maximum atomic E-state index is 10.3. The molecule has 3 aliphatic rings. The van der Waals surface area contributed by atoms with Crippen LogP contribution >= 0.6 is 0 Å². The van der Waals surface area contributed by atoms with E-state index in [4.69, 9.17) is 9.72 Å². The molecule has 0 radical (unpaired) electrons. The van der Waals surface area contributed by atoms with Crippen LogP contribution in [0.5, 0.6) is 5.88 Å². The van der Waals surface area contributed by atoms with E-state index >= 15 is 0 Å². The molecule has 10 heteroatoms. The van der Waals surface area contributed by atoms with Crippen molar-refractivity contribution in [2.45, 2.75) is 44.5 Å². The zero-order valence-corrected chi connectivity index (χ0v) is 23.3. The Balaban J connectivity index is 1.21. The standard InChI is InChI=1S/C30H34N8O2/c1-30(2,39)19-35(3)23-10-26(29-22(11-31)14-34-38(29)18-23)21-6-7-27(32-13-21)36-16-24-9-25(17-36)37(24)15-20-5-8-28(40-4)33-12-20/h5-8,10,12-14,18,24-25,39H,9,15-17,19H2,1-4H3. The van der Waals surface area contributed by atoms with Crippen molar-refractivity contribution in [2.75, 3.05) is 43.6 Å². The second-order valence-electron chi connectivity index (χ2n) is 11.5. The molecule has 2 unspecified atom stereocenters. The van der Waals surface area contributed by atoms with Crippen molar-refractivity contribution in [3.05, 3.63) is 66.2 Å². The van der Waals surface area contributed by atoms with E-state index in [2.05, 4.69) is 44.2 Å². The third-order valence-corrected chi connectivity index (χ3v) is 7.88. The molecule has 40 heavy (non-hydrogen) atoms. The number of aliphatic hydroxyl groups is 1. The zero-order chi connectivity index (χ0) is 28.0. The number of hydrogen-bond donors (Lipinski definition) is 1. The molecule has 0 amide bonds. The average Bonchev–Trinajstić information content (AvgIpc) is 3.38. The predicted molar refractivity (Wildman–Crippen MR) is 153 cm³/mol. The van der Waals surface area contributed by atoms with Crippen LogP contribution in [-0.4, -0.2) is 81.1 Å². The molecular formula is C30H34N8O2. The molecule has 2 atom stereocenters. The fraction of sp³-hybridized carbons (Fsp3) is 0.400. The molecule has 3 saturated heterocycles. The third kappa shape index (κ3) is 4.94. The molecule has 2 bridgehead atoms. The van der Waals surface area contributed by atoms with Gasteiger partial charge in [-0.15, -0.1) is 0 Å². The molecule has 0 saturated carbocycles. The van der Waals surface area contributed by atoms with Gasteiger partial charge in [0.05, 0.1) is 41.9 Å². The van der Waals surface area contributed by atoms with Gasteiger partial charge >= 0.3 is 0 Å². The number of methoxy groups -OCH3 is 1. The highest BCUT2D eigenvalue weighted by Gasteiger charge is 2.44. The second kappa shape index (κ2) is 10.1. The lowest BCUT2D eigenvalue weighted by Gasteiger charge is -2.56. The second-order valence-corrected chi connectivity index (χ2v) is 11.5. The highest BCUT2D eigenvalue weighted by molar-refractivity contribution is 5.86. The Hall–Kier alpha value is -4.20. The van der Waals surface area contributed by atoms with Crippen LogP contribution in [0.2, 0.25) is 0 Å². The summed E-state index contributed by atoms with van der Waals surface area (Å²) in [6, 6.07) is 13.5. The smallest absolute Gasteiger partial charge is 0.212 e. The maximum Gasteiger partial charge on any atom is 0.212 e. The first-order valence-corrected chi connectivity index (χ1v) is 13.5. The van der Waals surface area contributed by atoms with Gasteiger partial charge in [0.25, 0.3) is 0 Å². The Kier molecular flexibility index (Phi) is 6.56. The van der Waals surface area contributed by atoms with Crippen molar-refractivity contribution in [3.8, 4) is 23.1 Å². The predicted octanol–water partition coefficient (Wildman–Crippen LogP) is 3.34. The Labute approximate surface area is 234 Å². The van der Waals surface area contributed by atoms with Crippen LogP contribution in [-0.2, 0) is 6.54 Å². The zero-order valence-electron chi connectivity index (χ0n) is 23.3. The van der Waals surface area contributed by atoms with E-state index in [1.807, 2.05) is 42.7 Å². The molecule has 1 N–H and O–H groups in total. The monoisotopic (exact) mass is 538 g/mol. The average molecular weight is 539 g/mol. The minimum Gasteiger partial charge on any atom is -0.481 e. The molecule has 7 heterocycles. The molecule has 4 aromatic heterocycles. The first kappa shape index (κ1) is 26.0. The Morgan fingerprint density at radius 3 is 2.55 bits per heavy atom. The van der Waals surface area contributed by atoms with Crippen LogP contribution < -0.4 is 14.5 Å². The number of pyridine rings is 3. The summed E-state index contributed by atoms with van der Waals surface area (Å²) in [5, 5.41) is 24.5. The van der Waals surface area contributed by atoms with Crippen LogP contribution in [0.3, 0.4) is 0 Å². The topological polar surface area (TPSA) is 106 Å². The van der Waals surface area contributed by atoms with Gasteiger partial charge in [-0.3, -0.25) is 4.90 Å². The lowest BCUT2D eigenvalue weighted by Crippen LogP contribution is -2.68. The van der Waals surface area contributed by atoms with Crippen LogP contribution in [0.25, 0.3) is 16.6 Å². The van der Waals surface area contributed by atoms with Crippen molar-refractivity contribution in [2.24, 2.45) is 0 Å². The molecule has 0 aliphatic carbocycles. The SMILES string of the molecule is COc1ccc(CN2C3CC2CN(c2ccc(-c4cc(N(C)CC(C)(C)O)cn5ncc(C#N)c45)cn2)C3)cn1. The van der Waals surface area contributed by atoms with Gasteiger partial charge < -0.3 is 19.6 Å². The number of anilines is 2. The molecule has 206 valence electrons. The Morgan fingerprint density at radius 1 is 1.12 bits per heavy atom. The Bertz CT molecular complexity index is 1540. The number of ether oxygens (including phenoxy) is 1. The Morgan fingerprint density at radius 2 is 1.93 bits per heavy atom. The molecular weight excluding hydrogens is 504 g/mol. The molecule has 0 spiro atoms. The van der Waals surface area contributed by atoms with Gasteiger partial charge in [-0.2, -0.15) is 10.4 Å². The minimum atomic E-state index is -0.856. The number of fused-ring (bicyclic) bond motifs is 3. The number of likely N-dealkylation sites (N-methyl/N-ethyl adjacent to an activating group) is 1. The van der Waals surface area contributed by atoms with Crippen LogP contribution in [0, 0.1) is 11.3 Å². The fourth-order valence-corrected chi connectivity index (χ4v) is 5.99. The highest BCUT2D eigenvalue weighted by Crippen LogP contribution is 2.36. The number of hydrogen-bond acceptors (Lipinski definition) is 9. The van der Waals surface area contributed by atoms with E-state index in [1.165, 1.54) is 12.0 Å². The summed E-state index contributed by atoms with van der Waals surface area (Å²) in [4.78, 5) is 16.1. The van der Waals surface area contributed by atoms with Crippen LogP contribution in [0.15, 0.2) is 55.1 Å². The van der Waals surface area contributed by atoms with Crippen LogP contribution in [0.1, 0.15) is 31.4 Å². The summed E-state index contributed by atoms with van der Waals surface area (Å²) in [5.41, 5.74) is 4.30. The summed E-state index contributed by atoms with van der Waals surface area (Å²) in [6.07, 6.45) is 8.48. The van der Waals surface area contributed by atoms with E-state index in [-0.39, 0.29) is 0 Å². The van der Waals surface area contributed by atoms with Gasteiger partial charge in [-0.25, -0.2) is 14.5 Å². The van der Waals surface area contributed by atoms with Gasteiger partial charge in [-0.05, 0) is 44.0 Å². The lowest BCUT2D eigenvalue weighted by atomic mass is 9.87. The molecule has 0 aromatic carbocycles. The van der Waals surface area contributed by atoms with Crippen molar-refractivity contribution in [3.63, 3.8) is 0 Å². The molecule has 3 fully saturated rings. The van der Waals surface area contributed by atoms with E-state index in [0.717, 1.165) is 47.8 Å². The van der Waals surface area contributed by atoms with Gasteiger partial charge in [-0.1, -0.05) is 6.07 Å². The molecule has 4 aromatic rings. The van der Waals surface area contributed by atoms with Gasteiger partial charge in [0.15, 0.2) is 0 Å². The third-order valence-electron chi connectivity index (χ3n) is 7.88. The summed E-state index contributed by atoms with van der Waals surface area (Å²) in [5.74, 6) is 1.60. The van der Waals surface area contributed by atoms with Gasteiger partial charge in [0.1, 0.15) is 11.9 Å². The van der Waals surface area contributed by atoms with Gasteiger partial charge in [0, 0.05) is 74.9 Å². The highest BCUT2D eigenvalue weighted by atomic mass is 16.5. The molecule has 3 aliphatic heterocycles. The number of nitriles is 1. The summed E-state index contributed by atoms with van der Waals surface area (Å²) >= 11 is 0. The van der Waals surface area contributed by atoms with E-state index < -0.39 is 5.60 Å². The summed E-state index contributed by atoms with van der Waals surface area (Å²) < 4.78 is 6.92.